The number of hydrogen-bond acceptors (Lipinski definition) is 4. The minimum absolute atomic E-state index is 0.0804. The first-order valence-electron chi connectivity index (χ1n) is 9.79. The number of carboxylic acids is 1. The van der Waals surface area contributed by atoms with Crippen molar-refractivity contribution in [3.63, 3.8) is 0 Å². The lowest BCUT2D eigenvalue weighted by Crippen LogP contribution is -2.04. The summed E-state index contributed by atoms with van der Waals surface area (Å²) in [5, 5.41) is 10.1. The zero-order valence-electron chi connectivity index (χ0n) is 16.7. The van der Waals surface area contributed by atoms with Crippen molar-refractivity contribution < 1.29 is 19.1 Å². The van der Waals surface area contributed by atoms with Gasteiger partial charge < -0.3 is 20.0 Å². The van der Waals surface area contributed by atoms with Crippen molar-refractivity contribution in [1.29, 1.82) is 0 Å². The predicted molar refractivity (Wildman–Crippen MR) is 116 cm³/mol. The van der Waals surface area contributed by atoms with Crippen LogP contribution >= 0.6 is 0 Å². The van der Waals surface area contributed by atoms with Crippen molar-refractivity contribution in [2.75, 3.05) is 0 Å². The lowest BCUT2D eigenvalue weighted by molar-refractivity contribution is -0.136. The highest BCUT2D eigenvalue weighted by Crippen LogP contribution is 2.32. The van der Waals surface area contributed by atoms with E-state index in [-0.39, 0.29) is 6.42 Å². The molecule has 3 aromatic carbocycles. The second-order valence-corrected chi connectivity index (χ2v) is 7.22. The van der Waals surface area contributed by atoms with Crippen LogP contribution in [0.15, 0.2) is 71.1 Å². The summed E-state index contributed by atoms with van der Waals surface area (Å²) in [6, 6.07) is 21.5. The van der Waals surface area contributed by atoms with E-state index in [1.807, 2.05) is 43.3 Å². The second kappa shape index (κ2) is 8.43. The number of aryl methyl sites for hydroxylation is 1. The molecule has 0 aliphatic heterocycles. The number of carboxylic acid groups (broad SMARTS) is 1. The summed E-state index contributed by atoms with van der Waals surface area (Å²) in [7, 11) is 0. The van der Waals surface area contributed by atoms with Crippen LogP contribution in [0, 0.1) is 6.92 Å². The fourth-order valence-corrected chi connectivity index (χ4v) is 3.61. The average molecular weight is 401 g/mol. The van der Waals surface area contributed by atoms with Gasteiger partial charge in [-0.1, -0.05) is 42.5 Å². The molecule has 4 aromatic rings. The Morgan fingerprint density at radius 1 is 1.03 bits per heavy atom. The van der Waals surface area contributed by atoms with Gasteiger partial charge in [0.15, 0.2) is 0 Å². The molecule has 1 aromatic heterocycles. The Morgan fingerprint density at radius 3 is 2.63 bits per heavy atom. The Kier molecular flexibility index (Phi) is 5.55. The molecule has 3 N–H and O–H groups in total. The zero-order chi connectivity index (χ0) is 21.1. The highest BCUT2D eigenvalue weighted by Gasteiger charge is 2.14. The Balaban J connectivity index is 1.66. The molecule has 30 heavy (non-hydrogen) atoms. The summed E-state index contributed by atoms with van der Waals surface area (Å²) in [5.41, 5.74) is 11.4. The maximum Gasteiger partial charge on any atom is 0.307 e. The van der Waals surface area contributed by atoms with Crippen LogP contribution in [0.25, 0.3) is 22.1 Å². The number of ether oxygens (including phenoxy) is 1. The van der Waals surface area contributed by atoms with Crippen LogP contribution in [0.2, 0.25) is 0 Å². The maximum atomic E-state index is 11.1. The van der Waals surface area contributed by atoms with Gasteiger partial charge in [-0.25, -0.2) is 0 Å². The van der Waals surface area contributed by atoms with Gasteiger partial charge in [-0.3, -0.25) is 4.79 Å². The molecule has 0 aliphatic rings. The number of carbonyl (C=O) groups is 1. The number of benzene rings is 3. The maximum absolute atomic E-state index is 11.1. The molecule has 0 unspecified atom stereocenters. The standard InChI is InChI=1S/C25H23NO4/c1-16-22(15-29-23-8-3-2-6-20(23)13-25(27)28)21-12-19(9-10-24(21)30-16)18-7-4-5-17(11-18)14-26/h2-12H,13-15,26H2,1H3,(H,27,28). The van der Waals surface area contributed by atoms with E-state index in [0.717, 1.165) is 39.0 Å². The lowest BCUT2D eigenvalue weighted by atomic mass is 10.0. The third kappa shape index (κ3) is 4.07. The van der Waals surface area contributed by atoms with Gasteiger partial charge in [0.25, 0.3) is 0 Å². The van der Waals surface area contributed by atoms with Crippen LogP contribution in [0.3, 0.4) is 0 Å². The van der Waals surface area contributed by atoms with Gasteiger partial charge >= 0.3 is 5.97 Å². The lowest BCUT2D eigenvalue weighted by Gasteiger charge is -2.10. The normalized spacial score (nSPS) is 11.0. The summed E-state index contributed by atoms with van der Waals surface area (Å²) in [5.74, 6) is 0.467. The summed E-state index contributed by atoms with van der Waals surface area (Å²) >= 11 is 0. The van der Waals surface area contributed by atoms with Crippen LogP contribution < -0.4 is 10.5 Å². The first kappa shape index (κ1) is 19.7. The molecule has 152 valence electrons. The summed E-state index contributed by atoms with van der Waals surface area (Å²) in [6.07, 6.45) is -0.0804. The quantitative estimate of drug-likeness (QED) is 0.451. The minimum atomic E-state index is -0.889. The Morgan fingerprint density at radius 2 is 1.83 bits per heavy atom. The first-order valence-corrected chi connectivity index (χ1v) is 9.79. The molecule has 0 amide bonds. The predicted octanol–water partition coefficient (Wildman–Crippen LogP) is 5.07. The number of para-hydroxylation sites is 1. The molecular weight excluding hydrogens is 378 g/mol. The van der Waals surface area contributed by atoms with Crippen LogP contribution in [-0.2, 0) is 24.4 Å². The molecule has 0 aliphatic carbocycles. The van der Waals surface area contributed by atoms with Crippen molar-refractivity contribution in [2.45, 2.75) is 26.5 Å². The minimum Gasteiger partial charge on any atom is -0.488 e. The fourth-order valence-electron chi connectivity index (χ4n) is 3.61. The van der Waals surface area contributed by atoms with Gasteiger partial charge in [0.1, 0.15) is 23.7 Å². The van der Waals surface area contributed by atoms with Gasteiger partial charge in [-0.2, -0.15) is 0 Å². The molecule has 0 spiro atoms. The van der Waals surface area contributed by atoms with Crippen LogP contribution in [0.1, 0.15) is 22.5 Å². The molecular formula is C25H23NO4. The van der Waals surface area contributed by atoms with E-state index in [2.05, 4.69) is 18.2 Å². The summed E-state index contributed by atoms with van der Waals surface area (Å²) in [4.78, 5) is 11.1. The number of aliphatic carboxylic acids is 1. The van der Waals surface area contributed by atoms with Crippen LogP contribution in [-0.4, -0.2) is 11.1 Å². The number of hydrogen-bond donors (Lipinski definition) is 2. The monoisotopic (exact) mass is 401 g/mol. The molecule has 4 rings (SSSR count). The molecule has 5 heteroatoms. The molecule has 1 heterocycles. The molecule has 0 atom stereocenters. The van der Waals surface area contributed by atoms with E-state index in [1.54, 1.807) is 12.1 Å². The third-order valence-corrected chi connectivity index (χ3v) is 5.18. The summed E-state index contributed by atoms with van der Waals surface area (Å²) in [6.45, 7) is 2.70. The van der Waals surface area contributed by atoms with Crippen molar-refractivity contribution in [3.05, 3.63) is 89.2 Å². The van der Waals surface area contributed by atoms with Crippen LogP contribution in [0.4, 0.5) is 0 Å². The third-order valence-electron chi connectivity index (χ3n) is 5.18. The van der Waals surface area contributed by atoms with E-state index >= 15 is 0 Å². The molecule has 0 radical (unpaired) electrons. The zero-order valence-corrected chi connectivity index (χ0v) is 16.7. The second-order valence-electron chi connectivity index (χ2n) is 7.22. The van der Waals surface area contributed by atoms with Crippen LogP contribution in [0.5, 0.6) is 5.75 Å². The number of fused-ring (bicyclic) bond motifs is 1. The van der Waals surface area contributed by atoms with E-state index in [4.69, 9.17) is 20.0 Å². The van der Waals surface area contributed by atoms with E-state index in [0.29, 0.717) is 24.5 Å². The van der Waals surface area contributed by atoms with Gasteiger partial charge in [0.2, 0.25) is 0 Å². The fraction of sp³-hybridized carbons (Fsp3) is 0.160. The Labute approximate surface area is 174 Å². The first-order chi connectivity index (χ1) is 14.5. The van der Waals surface area contributed by atoms with E-state index in [1.165, 1.54) is 0 Å². The van der Waals surface area contributed by atoms with Crippen molar-refractivity contribution in [1.82, 2.24) is 0 Å². The molecule has 5 nitrogen and oxygen atoms in total. The number of furan rings is 1. The molecule has 0 saturated carbocycles. The largest absolute Gasteiger partial charge is 0.488 e. The van der Waals surface area contributed by atoms with Gasteiger partial charge in [-0.05, 0) is 47.9 Å². The smallest absolute Gasteiger partial charge is 0.307 e. The summed E-state index contributed by atoms with van der Waals surface area (Å²) < 4.78 is 11.9. The average Bonchev–Trinajstić information content (AvgIpc) is 3.07. The number of rotatable bonds is 7. The van der Waals surface area contributed by atoms with Gasteiger partial charge in [-0.15, -0.1) is 0 Å². The number of nitrogens with two attached hydrogens (primary N) is 1. The van der Waals surface area contributed by atoms with E-state index < -0.39 is 5.97 Å². The van der Waals surface area contributed by atoms with Gasteiger partial charge in [0, 0.05) is 23.1 Å². The highest BCUT2D eigenvalue weighted by atomic mass is 16.5. The molecule has 0 fully saturated rings. The highest BCUT2D eigenvalue weighted by molar-refractivity contribution is 5.87. The van der Waals surface area contributed by atoms with Crippen molar-refractivity contribution in [3.8, 4) is 16.9 Å². The van der Waals surface area contributed by atoms with Crippen molar-refractivity contribution >= 4 is 16.9 Å². The van der Waals surface area contributed by atoms with Crippen molar-refractivity contribution in [2.24, 2.45) is 5.73 Å². The SMILES string of the molecule is Cc1oc2ccc(-c3cccc(CN)c3)cc2c1COc1ccccc1CC(=O)O. The van der Waals surface area contributed by atoms with E-state index in [9.17, 15) is 4.79 Å². The topological polar surface area (TPSA) is 85.7 Å². The Bertz CT molecular complexity index is 1210. The molecule has 0 bridgehead atoms. The van der Waals surface area contributed by atoms with Gasteiger partial charge in [0.05, 0.1) is 6.42 Å². The molecule has 0 saturated heterocycles. The Hall–Kier alpha value is -3.57.